The predicted octanol–water partition coefficient (Wildman–Crippen LogP) is 3.00. The second-order valence-corrected chi connectivity index (χ2v) is 5.61. The molecule has 0 radical (unpaired) electrons. The highest BCUT2D eigenvalue weighted by molar-refractivity contribution is 5.37. The first-order valence-electron chi connectivity index (χ1n) is 7.38. The Morgan fingerprint density at radius 3 is 2.89 bits per heavy atom. The maximum atomic E-state index is 5.43. The van der Waals surface area contributed by atoms with Gasteiger partial charge in [0.15, 0.2) is 0 Å². The van der Waals surface area contributed by atoms with Gasteiger partial charge in [-0.25, -0.2) is 9.97 Å². The Hall–Kier alpha value is -1.16. The van der Waals surface area contributed by atoms with Crippen LogP contribution in [0, 0.1) is 5.92 Å². The molecule has 0 aromatic carbocycles. The van der Waals surface area contributed by atoms with Crippen LogP contribution in [0.4, 0.5) is 5.82 Å². The van der Waals surface area contributed by atoms with Crippen molar-refractivity contribution in [1.82, 2.24) is 9.97 Å². The lowest BCUT2D eigenvalue weighted by molar-refractivity contribution is 0.185. The van der Waals surface area contributed by atoms with Crippen LogP contribution in [0.5, 0.6) is 0 Å². The molecule has 1 aliphatic heterocycles. The Bertz CT molecular complexity index is 400. The van der Waals surface area contributed by atoms with E-state index in [2.05, 4.69) is 37.1 Å². The van der Waals surface area contributed by atoms with Crippen molar-refractivity contribution in [3.63, 3.8) is 0 Å². The molecular weight excluding hydrogens is 238 g/mol. The van der Waals surface area contributed by atoms with E-state index in [1.54, 1.807) is 0 Å². The maximum Gasteiger partial charge on any atom is 0.131 e. The van der Waals surface area contributed by atoms with Crippen LogP contribution in [0.3, 0.4) is 0 Å². The Morgan fingerprint density at radius 2 is 2.26 bits per heavy atom. The average molecular weight is 263 g/mol. The van der Waals surface area contributed by atoms with Gasteiger partial charge in [-0.2, -0.15) is 0 Å². The predicted molar refractivity (Wildman–Crippen MR) is 77.5 cm³/mol. The third-order valence-electron chi connectivity index (χ3n) is 3.44. The number of nitrogens with zero attached hydrogens (tertiary/aromatic N) is 2. The van der Waals surface area contributed by atoms with E-state index >= 15 is 0 Å². The summed E-state index contributed by atoms with van der Waals surface area (Å²) in [5.41, 5.74) is 1.13. The van der Waals surface area contributed by atoms with Crippen LogP contribution in [0.2, 0.25) is 0 Å². The van der Waals surface area contributed by atoms with Crippen LogP contribution in [-0.4, -0.2) is 29.7 Å². The third-order valence-corrected chi connectivity index (χ3v) is 3.44. The molecule has 0 amide bonds. The quantitative estimate of drug-likeness (QED) is 0.857. The molecule has 1 fully saturated rings. The molecular formula is C15H25N3O. The summed E-state index contributed by atoms with van der Waals surface area (Å²) in [6.07, 6.45) is 3.17. The standard InChI is InChI=1S/C15H25N3O/c1-4-6-16-14-9-13(11(2)3)17-15(18-14)8-12-5-7-19-10-12/h9,11-12H,4-8,10H2,1-3H3,(H,16,17,18). The van der Waals surface area contributed by atoms with Crippen molar-refractivity contribution >= 4 is 5.82 Å². The number of rotatable bonds is 6. The molecule has 0 spiro atoms. The highest BCUT2D eigenvalue weighted by Crippen LogP contribution is 2.20. The van der Waals surface area contributed by atoms with E-state index in [1.807, 2.05) is 0 Å². The van der Waals surface area contributed by atoms with Crippen LogP contribution >= 0.6 is 0 Å². The zero-order valence-electron chi connectivity index (χ0n) is 12.3. The minimum atomic E-state index is 0.434. The molecule has 2 rings (SSSR count). The summed E-state index contributed by atoms with van der Waals surface area (Å²) in [5, 5.41) is 3.37. The molecule has 1 atom stereocenters. The number of ether oxygens (including phenoxy) is 1. The summed E-state index contributed by atoms with van der Waals surface area (Å²) in [6, 6.07) is 2.08. The normalized spacial score (nSPS) is 19.1. The smallest absolute Gasteiger partial charge is 0.131 e. The SMILES string of the molecule is CCCNc1cc(C(C)C)nc(CC2CCOC2)n1. The number of hydrogen-bond acceptors (Lipinski definition) is 4. The first-order chi connectivity index (χ1) is 9.19. The summed E-state index contributed by atoms with van der Waals surface area (Å²) in [7, 11) is 0. The molecule has 0 aliphatic carbocycles. The molecule has 0 bridgehead atoms. The minimum Gasteiger partial charge on any atom is -0.381 e. The average Bonchev–Trinajstić information content (AvgIpc) is 2.89. The van der Waals surface area contributed by atoms with E-state index in [4.69, 9.17) is 9.72 Å². The topological polar surface area (TPSA) is 47.0 Å². The van der Waals surface area contributed by atoms with Gasteiger partial charge >= 0.3 is 0 Å². The Morgan fingerprint density at radius 1 is 1.42 bits per heavy atom. The van der Waals surface area contributed by atoms with Gasteiger partial charge in [-0.05, 0) is 24.7 Å². The molecule has 1 N–H and O–H groups in total. The lowest BCUT2D eigenvalue weighted by atomic mass is 10.0. The van der Waals surface area contributed by atoms with E-state index in [-0.39, 0.29) is 0 Å². The summed E-state index contributed by atoms with van der Waals surface area (Å²) in [6.45, 7) is 9.21. The van der Waals surface area contributed by atoms with Crippen molar-refractivity contribution in [2.24, 2.45) is 5.92 Å². The Balaban J connectivity index is 2.12. The fourth-order valence-electron chi connectivity index (χ4n) is 2.25. The van der Waals surface area contributed by atoms with E-state index in [9.17, 15) is 0 Å². The molecule has 2 heterocycles. The number of hydrogen-bond donors (Lipinski definition) is 1. The molecule has 4 heteroatoms. The Labute approximate surface area is 116 Å². The van der Waals surface area contributed by atoms with Gasteiger partial charge < -0.3 is 10.1 Å². The lowest BCUT2D eigenvalue weighted by Crippen LogP contribution is -2.12. The fourth-order valence-corrected chi connectivity index (χ4v) is 2.25. The van der Waals surface area contributed by atoms with Crippen molar-refractivity contribution in [1.29, 1.82) is 0 Å². The van der Waals surface area contributed by atoms with Crippen molar-refractivity contribution in [2.75, 3.05) is 25.1 Å². The maximum absolute atomic E-state index is 5.43. The van der Waals surface area contributed by atoms with Crippen LogP contribution in [-0.2, 0) is 11.2 Å². The van der Waals surface area contributed by atoms with Crippen molar-refractivity contribution < 1.29 is 4.74 Å². The van der Waals surface area contributed by atoms with Crippen LogP contribution < -0.4 is 5.32 Å². The molecule has 4 nitrogen and oxygen atoms in total. The first-order valence-corrected chi connectivity index (χ1v) is 7.38. The van der Waals surface area contributed by atoms with Gasteiger partial charge in [0.1, 0.15) is 11.6 Å². The van der Waals surface area contributed by atoms with Gasteiger partial charge in [0.25, 0.3) is 0 Å². The van der Waals surface area contributed by atoms with E-state index in [0.29, 0.717) is 11.8 Å². The van der Waals surface area contributed by atoms with Gasteiger partial charge in [-0.1, -0.05) is 20.8 Å². The molecule has 19 heavy (non-hydrogen) atoms. The van der Waals surface area contributed by atoms with Crippen molar-refractivity contribution in [3.8, 4) is 0 Å². The molecule has 1 saturated heterocycles. The lowest BCUT2D eigenvalue weighted by Gasteiger charge is -2.13. The van der Waals surface area contributed by atoms with Crippen molar-refractivity contribution in [3.05, 3.63) is 17.6 Å². The van der Waals surface area contributed by atoms with E-state index in [1.165, 1.54) is 0 Å². The molecule has 1 aromatic rings. The van der Waals surface area contributed by atoms with Crippen molar-refractivity contribution in [2.45, 2.75) is 46.0 Å². The largest absolute Gasteiger partial charge is 0.381 e. The molecule has 1 aliphatic rings. The summed E-state index contributed by atoms with van der Waals surface area (Å²) in [5.74, 6) is 2.94. The highest BCUT2D eigenvalue weighted by atomic mass is 16.5. The fraction of sp³-hybridized carbons (Fsp3) is 0.733. The number of aromatic nitrogens is 2. The zero-order valence-corrected chi connectivity index (χ0v) is 12.3. The van der Waals surface area contributed by atoms with E-state index in [0.717, 1.165) is 56.4 Å². The van der Waals surface area contributed by atoms with E-state index < -0.39 is 0 Å². The number of anilines is 1. The highest BCUT2D eigenvalue weighted by Gasteiger charge is 2.18. The van der Waals surface area contributed by atoms with Gasteiger partial charge in [0, 0.05) is 37.9 Å². The van der Waals surface area contributed by atoms with Crippen LogP contribution in [0.15, 0.2) is 6.07 Å². The second kappa shape index (κ2) is 6.85. The molecule has 1 unspecified atom stereocenters. The molecule has 1 aromatic heterocycles. The summed E-state index contributed by atoms with van der Waals surface area (Å²) < 4.78 is 5.43. The monoisotopic (exact) mass is 263 g/mol. The Kier molecular flexibility index (Phi) is 5.14. The zero-order chi connectivity index (χ0) is 13.7. The number of nitrogens with one attached hydrogen (secondary N) is 1. The van der Waals surface area contributed by atoms with Crippen LogP contribution in [0.25, 0.3) is 0 Å². The van der Waals surface area contributed by atoms with Gasteiger partial charge in [-0.3, -0.25) is 0 Å². The summed E-state index contributed by atoms with van der Waals surface area (Å²) in [4.78, 5) is 9.34. The third kappa shape index (κ3) is 4.16. The van der Waals surface area contributed by atoms with Gasteiger partial charge in [0.05, 0.1) is 0 Å². The second-order valence-electron chi connectivity index (χ2n) is 5.61. The van der Waals surface area contributed by atoms with Gasteiger partial charge in [-0.15, -0.1) is 0 Å². The van der Waals surface area contributed by atoms with Gasteiger partial charge in [0.2, 0.25) is 0 Å². The first kappa shape index (κ1) is 14.3. The van der Waals surface area contributed by atoms with Crippen LogP contribution in [0.1, 0.15) is 51.0 Å². The molecule has 0 saturated carbocycles. The summed E-state index contributed by atoms with van der Waals surface area (Å²) >= 11 is 0. The molecule has 106 valence electrons. The minimum absolute atomic E-state index is 0.434.